The van der Waals surface area contributed by atoms with Crippen LogP contribution in [0.3, 0.4) is 0 Å². The monoisotopic (exact) mass is 320 g/mol. The third-order valence-electron chi connectivity index (χ3n) is 5.20. The van der Waals surface area contributed by atoms with E-state index in [0.717, 1.165) is 57.7 Å². The van der Waals surface area contributed by atoms with Gasteiger partial charge in [0.1, 0.15) is 0 Å². The topological polar surface area (TPSA) is 61.6 Å². The molecule has 0 bridgehead atoms. The lowest BCUT2D eigenvalue weighted by molar-refractivity contribution is -0.00405. The number of nitrogens with zero attached hydrogens (tertiary/aromatic N) is 4. The Morgan fingerprint density at radius 2 is 1.87 bits per heavy atom. The summed E-state index contributed by atoms with van der Waals surface area (Å²) in [5.41, 5.74) is 0.847. The highest BCUT2D eigenvalue weighted by molar-refractivity contribution is 4.97. The summed E-state index contributed by atoms with van der Waals surface area (Å²) in [4.78, 5) is 16.6. The van der Waals surface area contributed by atoms with Crippen molar-refractivity contribution in [1.82, 2.24) is 19.6 Å². The van der Waals surface area contributed by atoms with Gasteiger partial charge < -0.3 is 5.11 Å². The summed E-state index contributed by atoms with van der Waals surface area (Å²) in [6, 6.07) is 3.70. The second-order valence-electron chi connectivity index (χ2n) is 6.83. The van der Waals surface area contributed by atoms with Crippen LogP contribution in [0.1, 0.15) is 31.4 Å². The molecule has 1 aromatic heterocycles. The molecular formula is C17H28N4O2. The van der Waals surface area contributed by atoms with Crippen LogP contribution in [0.2, 0.25) is 0 Å². The number of aromatic nitrogens is 2. The lowest BCUT2D eigenvalue weighted by Gasteiger charge is -2.42. The number of rotatable bonds is 4. The molecule has 2 fully saturated rings. The molecule has 1 N–H and O–H groups in total. The Morgan fingerprint density at radius 3 is 2.61 bits per heavy atom. The van der Waals surface area contributed by atoms with E-state index in [9.17, 15) is 9.90 Å². The normalized spacial score (nSPS) is 27.2. The fourth-order valence-electron chi connectivity index (χ4n) is 3.78. The van der Waals surface area contributed by atoms with Crippen molar-refractivity contribution in [3.8, 4) is 0 Å². The highest BCUT2D eigenvalue weighted by Crippen LogP contribution is 2.24. The molecule has 0 amide bonds. The van der Waals surface area contributed by atoms with Crippen LogP contribution in [0, 0.1) is 6.92 Å². The number of aliphatic hydroxyl groups excluding tert-OH is 1. The van der Waals surface area contributed by atoms with Gasteiger partial charge in [-0.3, -0.25) is 14.6 Å². The number of hydrogen-bond acceptors (Lipinski definition) is 5. The van der Waals surface area contributed by atoms with Crippen molar-refractivity contribution in [3.63, 3.8) is 0 Å². The molecule has 2 unspecified atom stereocenters. The van der Waals surface area contributed by atoms with E-state index in [-0.39, 0.29) is 11.7 Å². The number of aliphatic hydroxyl groups is 1. The minimum Gasteiger partial charge on any atom is -0.391 e. The minimum atomic E-state index is -0.148. The van der Waals surface area contributed by atoms with Gasteiger partial charge >= 0.3 is 0 Å². The summed E-state index contributed by atoms with van der Waals surface area (Å²) in [5, 5.41) is 14.5. The fourth-order valence-corrected chi connectivity index (χ4v) is 3.78. The first-order valence-corrected chi connectivity index (χ1v) is 8.83. The van der Waals surface area contributed by atoms with E-state index in [4.69, 9.17) is 0 Å². The Labute approximate surface area is 137 Å². The van der Waals surface area contributed by atoms with Gasteiger partial charge in [0.05, 0.1) is 18.3 Å². The second kappa shape index (κ2) is 7.55. The van der Waals surface area contributed by atoms with E-state index in [1.165, 1.54) is 6.42 Å². The minimum absolute atomic E-state index is 0.0282. The summed E-state index contributed by atoms with van der Waals surface area (Å²) in [6.45, 7) is 7.44. The summed E-state index contributed by atoms with van der Waals surface area (Å²) in [7, 11) is 0. The summed E-state index contributed by atoms with van der Waals surface area (Å²) in [5.74, 6) is 0. The first-order chi connectivity index (χ1) is 11.1. The number of hydrogen-bond donors (Lipinski definition) is 1. The fraction of sp³-hybridized carbons (Fsp3) is 0.765. The molecule has 0 aromatic carbocycles. The van der Waals surface area contributed by atoms with Gasteiger partial charge in [0.15, 0.2) is 0 Å². The number of aryl methyl sites for hydroxylation is 1. The molecular weight excluding hydrogens is 292 g/mol. The van der Waals surface area contributed by atoms with Gasteiger partial charge in [0.2, 0.25) is 0 Å². The van der Waals surface area contributed by atoms with E-state index in [1.54, 1.807) is 16.8 Å². The van der Waals surface area contributed by atoms with E-state index >= 15 is 0 Å². The van der Waals surface area contributed by atoms with E-state index in [2.05, 4.69) is 14.9 Å². The SMILES string of the molecule is Cc1ccc(=O)n(CCN2CCN(C3CCCCC3O)CC2)n1. The standard InChI is InChI=1S/C17H28N4O2/c1-14-6-7-17(23)21(18-14)13-10-19-8-11-20(12-9-19)15-4-2-3-5-16(15)22/h6-7,15-16,22H,2-5,8-13H2,1H3. The lowest BCUT2D eigenvalue weighted by atomic mass is 9.91. The Balaban J connectivity index is 1.47. The highest BCUT2D eigenvalue weighted by Gasteiger charge is 2.30. The quantitative estimate of drug-likeness (QED) is 0.874. The average molecular weight is 320 g/mol. The van der Waals surface area contributed by atoms with Crippen LogP contribution in [-0.2, 0) is 6.54 Å². The third kappa shape index (κ3) is 4.19. The van der Waals surface area contributed by atoms with Crippen LogP contribution in [0.5, 0.6) is 0 Å². The maximum Gasteiger partial charge on any atom is 0.266 e. The number of piperazine rings is 1. The molecule has 1 aromatic rings. The van der Waals surface area contributed by atoms with Crippen LogP contribution >= 0.6 is 0 Å². The summed E-state index contributed by atoms with van der Waals surface area (Å²) in [6.07, 6.45) is 4.33. The predicted octanol–water partition coefficient (Wildman–Crippen LogP) is 0.473. The molecule has 23 heavy (non-hydrogen) atoms. The zero-order valence-corrected chi connectivity index (χ0v) is 14.0. The van der Waals surface area contributed by atoms with Gasteiger partial charge in [0.25, 0.3) is 5.56 Å². The van der Waals surface area contributed by atoms with Gasteiger partial charge in [-0.15, -0.1) is 0 Å². The van der Waals surface area contributed by atoms with Crippen LogP contribution in [0.25, 0.3) is 0 Å². The average Bonchev–Trinajstić information content (AvgIpc) is 2.57. The molecule has 2 aliphatic rings. The van der Waals surface area contributed by atoms with Crippen molar-refractivity contribution in [2.45, 2.75) is 51.3 Å². The molecule has 2 heterocycles. The van der Waals surface area contributed by atoms with Crippen molar-refractivity contribution in [2.24, 2.45) is 0 Å². The summed E-state index contributed by atoms with van der Waals surface area (Å²) >= 11 is 0. The smallest absolute Gasteiger partial charge is 0.266 e. The Bertz CT molecular complexity index is 566. The van der Waals surface area contributed by atoms with E-state index in [1.807, 2.05) is 6.92 Å². The van der Waals surface area contributed by atoms with Crippen molar-refractivity contribution >= 4 is 0 Å². The molecule has 1 aliphatic heterocycles. The molecule has 1 saturated carbocycles. The lowest BCUT2D eigenvalue weighted by Crippen LogP contribution is -2.54. The third-order valence-corrected chi connectivity index (χ3v) is 5.20. The van der Waals surface area contributed by atoms with Crippen molar-refractivity contribution in [1.29, 1.82) is 0 Å². The molecule has 6 heteroatoms. The molecule has 0 spiro atoms. The van der Waals surface area contributed by atoms with Gasteiger partial charge in [0, 0.05) is 44.8 Å². The highest BCUT2D eigenvalue weighted by atomic mass is 16.3. The van der Waals surface area contributed by atoms with Gasteiger partial charge in [-0.05, 0) is 25.8 Å². The molecule has 3 rings (SSSR count). The second-order valence-corrected chi connectivity index (χ2v) is 6.83. The molecule has 128 valence electrons. The molecule has 1 aliphatic carbocycles. The summed E-state index contributed by atoms with van der Waals surface area (Å²) < 4.78 is 1.56. The Kier molecular flexibility index (Phi) is 5.46. The van der Waals surface area contributed by atoms with Crippen LogP contribution in [0.15, 0.2) is 16.9 Å². The predicted molar refractivity (Wildman–Crippen MR) is 89.5 cm³/mol. The zero-order chi connectivity index (χ0) is 16.2. The largest absolute Gasteiger partial charge is 0.391 e. The van der Waals surface area contributed by atoms with Crippen LogP contribution in [0.4, 0.5) is 0 Å². The van der Waals surface area contributed by atoms with Crippen molar-refractivity contribution in [2.75, 3.05) is 32.7 Å². The van der Waals surface area contributed by atoms with Crippen LogP contribution < -0.4 is 5.56 Å². The van der Waals surface area contributed by atoms with E-state index < -0.39 is 0 Å². The Hall–Kier alpha value is -1.24. The first kappa shape index (κ1) is 16.6. The van der Waals surface area contributed by atoms with Crippen molar-refractivity contribution in [3.05, 3.63) is 28.2 Å². The zero-order valence-electron chi connectivity index (χ0n) is 14.0. The molecule has 1 saturated heterocycles. The first-order valence-electron chi connectivity index (χ1n) is 8.83. The van der Waals surface area contributed by atoms with Gasteiger partial charge in [-0.2, -0.15) is 5.10 Å². The molecule has 6 nitrogen and oxygen atoms in total. The van der Waals surface area contributed by atoms with Crippen LogP contribution in [-0.4, -0.2) is 69.6 Å². The van der Waals surface area contributed by atoms with Gasteiger partial charge in [-0.25, -0.2) is 4.68 Å². The van der Waals surface area contributed by atoms with Gasteiger partial charge in [-0.1, -0.05) is 12.8 Å². The van der Waals surface area contributed by atoms with Crippen molar-refractivity contribution < 1.29 is 5.11 Å². The maximum atomic E-state index is 11.8. The molecule has 0 radical (unpaired) electrons. The molecule has 2 atom stereocenters. The Morgan fingerprint density at radius 1 is 1.13 bits per heavy atom. The maximum absolute atomic E-state index is 11.8. The van der Waals surface area contributed by atoms with E-state index in [0.29, 0.717) is 12.6 Å².